The topological polar surface area (TPSA) is 77.8 Å². The predicted molar refractivity (Wildman–Crippen MR) is 75.9 cm³/mol. The Balaban J connectivity index is 1.80. The van der Waals surface area contributed by atoms with Crippen LogP contribution in [0.2, 0.25) is 0 Å². The molecule has 0 aliphatic rings. The van der Waals surface area contributed by atoms with Gasteiger partial charge in [0.25, 0.3) is 0 Å². The van der Waals surface area contributed by atoms with Crippen LogP contribution in [-0.2, 0) is 11.3 Å². The second-order valence-electron chi connectivity index (χ2n) is 4.18. The van der Waals surface area contributed by atoms with E-state index in [2.05, 4.69) is 25.8 Å². The minimum absolute atomic E-state index is 0.594. The average Bonchev–Trinajstić information content (AvgIpc) is 3.11. The van der Waals surface area contributed by atoms with Gasteiger partial charge in [-0.05, 0) is 28.6 Å². The van der Waals surface area contributed by atoms with Gasteiger partial charge in [-0.2, -0.15) is 4.68 Å². The number of methoxy groups -OCH3 is 1. The van der Waals surface area contributed by atoms with E-state index in [1.807, 2.05) is 23.7 Å². The molecule has 0 spiro atoms. The zero-order chi connectivity index (χ0) is 13.8. The molecule has 3 aromatic rings. The van der Waals surface area contributed by atoms with Gasteiger partial charge in [0.05, 0.1) is 34.6 Å². The molecule has 0 amide bonds. The lowest BCUT2D eigenvalue weighted by atomic mass is 10.3. The highest BCUT2D eigenvalue weighted by Gasteiger charge is 2.09. The Morgan fingerprint density at radius 2 is 2.35 bits per heavy atom. The number of nitrogens with zero attached hydrogens (tertiary/aromatic N) is 5. The summed E-state index contributed by atoms with van der Waals surface area (Å²) in [6.07, 6.45) is 0. The maximum absolute atomic E-state index is 4.99. The highest BCUT2D eigenvalue weighted by atomic mass is 32.1. The van der Waals surface area contributed by atoms with Gasteiger partial charge in [0.2, 0.25) is 0 Å². The number of tetrazole rings is 1. The first-order valence-corrected chi connectivity index (χ1v) is 7.07. The van der Waals surface area contributed by atoms with Crippen LogP contribution in [0.15, 0.2) is 23.7 Å². The van der Waals surface area contributed by atoms with Crippen LogP contribution in [0.4, 0.5) is 0 Å². The second kappa shape index (κ2) is 6.04. The molecule has 8 heteroatoms. The van der Waals surface area contributed by atoms with Gasteiger partial charge in [-0.1, -0.05) is 0 Å². The third-order valence-corrected chi connectivity index (χ3v) is 3.65. The van der Waals surface area contributed by atoms with E-state index in [1.54, 1.807) is 23.1 Å². The lowest BCUT2D eigenvalue weighted by Crippen LogP contribution is -2.21. The lowest BCUT2D eigenvalue weighted by Gasteiger charge is -2.05. The van der Waals surface area contributed by atoms with Crippen molar-refractivity contribution in [3.05, 3.63) is 29.5 Å². The van der Waals surface area contributed by atoms with Crippen molar-refractivity contribution in [3.8, 4) is 5.69 Å². The lowest BCUT2D eigenvalue weighted by molar-refractivity contribution is 0.199. The van der Waals surface area contributed by atoms with Gasteiger partial charge in [-0.25, -0.2) is 4.98 Å². The van der Waals surface area contributed by atoms with Crippen LogP contribution in [0, 0.1) is 0 Å². The Morgan fingerprint density at radius 1 is 1.40 bits per heavy atom. The van der Waals surface area contributed by atoms with Crippen LogP contribution >= 0.6 is 11.3 Å². The third kappa shape index (κ3) is 2.67. The molecule has 2 aromatic heterocycles. The van der Waals surface area contributed by atoms with Gasteiger partial charge < -0.3 is 10.1 Å². The first-order valence-electron chi connectivity index (χ1n) is 6.19. The van der Waals surface area contributed by atoms with E-state index in [4.69, 9.17) is 4.74 Å². The van der Waals surface area contributed by atoms with Crippen molar-refractivity contribution in [1.29, 1.82) is 0 Å². The molecule has 0 unspecified atom stereocenters. The number of benzene rings is 1. The minimum atomic E-state index is 0.594. The molecule has 0 radical (unpaired) electrons. The molecule has 0 saturated heterocycles. The molecule has 0 atom stereocenters. The zero-order valence-electron chi connectivity index (χ0n) is 11.0. The van der Waals surface area contributed by atoms with Crippen molar-refractivity contribution in [3.63, 3.8) is 0 Å². The molecule has 0 bridgehead atoms. The normalized spacial score (nSPS) is 11.2. The van der Waals surface area contributed by atoms with Gasteiger partial charge in [0.15, 0.2) is 5.82 Å². The molecule has 7 nitrogen and oxygen atoms in total. The monoisotopic (exact) mass is 290 g/mol. The summed E-state index contributed by atoms with van der Waals surface area (Å²) < 4.78 is 7.85. The molecular formula is C12H14N6OS. The summed E-state index contributed by atoms with van der Waals surface area (Å²) in [6.45, 7) is 2.02. The van der Waals surface area contributed by atoms with E-state index < -0.39 is 0 Å². The smallest absolute Gasteiger partial charge is 0.170 e. The fourth-order valence-electron chi connectivity index (χ4n) is 1.87. The number of ether oxygens (including phenoxy) is 1. The van der Waals surface area contributed by atoms with Crippen LogP contribution in [0.3, 0.4) is 0 Å². The van der Waals surface area contributed by atoms with E-state index in [1.165, 1.54) is 0 Å². The third-order valence-electron chi connectivity index (χ3n) is 2.86. The molecule has 104 valence electrons. The summed E-state index contributed by atoms with van der Waals surface area (Å²) >= 11 is 1.60. The summed E-state index contributed by atoms with van der Waals surface area (Å²) in [5, 5.41) is 15.1. The van der Waals surface area contributed by atoms with Crippen LogP contribution < -0.4 is 5.32 Å². The minimum Gasteiger partial charge on any atom is -0.383 e. The number of hydrogen-bond donors (Lipinski definition) is 1. The Morgan fingerprint density at radius 3 is 3.25 bits per heavy atom. The van der Waals surface area contributed by atoms with Crippen LogP contribution in [0.25, 0.3) is 15.9 Å². The zero-order valence-corrected chi connectivity index (χ0v) is 11.8. The number of thiazole rings is 1. The van der Waals surface area contributed by atoms with Gasteiger partial charge in [0, 0.05) is 13.7 Å². The fraction of sp³-hybridized carbons (Fsp3) is 0.333. The number of rotatable bonds is 6. The summed E-state index contributed by atoms with van der Waals surface area (Å²) in [4.78, 5) is 4.26. The van der Waals surface area contributed by atoms with Crippen LogP contribution in [-0.4, -0.2) is 45.5 Å². The molecule has 0 aliphatic heterocycles. The van der Waals surface area contributed by atoms with Crippen molar-refractivity contribution < 1.29 is 4.74 Å². The Bertz CT molecular complexity index is 694. The highest BCUT2D eigenvalue weighted by Crippen LogP contribution is 2.21. The van der Waals surface area contributed by atoms with Gasteiger partial charge >= 0.3 is 0 Å². The Labute approximate surface area is 119 Å². The molecular weight excluding hydrogens is 276 g/mol. The molecule has 2 heterocycles. The quantitative estimate of drug-likeness (QED) is 0.683. The van der Waals surface area contributed by atoms with E-state index in [-0.39, 0.29) is 0 Å². The van der Waals surface area contributed by atoms with E-state index in [0.717, 1.165) is 28.3 Å². The number of aromatic nitrogens is 5. The average molecular weight is 290 g/mol. The van der Waals surface area contributed by atoms with Crippen molar-refractivity contribution in [2.75, 3.05) is 20.3 Å². The SMILES string of the molecule is COCCNCc1nnnn1-c1ccc2ncsc2c1. The van der Waals surface area contributed by atoms with Gasteiger partial charge in [-0.15, -0.1) is 16.4 Å². The van der Waals surface area contributed by atoms with Crippen molar-refractivity contribution in [2.24, 2.45) is 0 Å². The fourth-order valence-corrected chi connectivity index (χ4v) is 2.58. The number of hydrogen-bond acceptors (Lipinski definition) is 7. The molecule has 20 heavy (non-hydrogen) atoms. The van der Waals surface area contributed by atoms with Crippen LogP contribution in [0.1, 0.15) is 5.82 Å². The van der Waals surface area contributed by atoms with Crippen molar-refractivity contribution in [1.82, 2.24) is 30.5 Å². The Hall–Kier alpha value is -1.90. The maximum atomic E-state index is 4.99. The summed E-state index contributed by atoms with van der Waals surface area (Å²) in [7, 11) is 1.68. The molecule has 0 fully saturated rings. The first-order chi connectivity index (χ1) is 9.88. The molecule has 1 aromatic carbocycles. The largest absolute Gasteiger partial charge is 0.383 e. The number of fused-ring (bicyclic) bond motifs is 1. The van der Waals surface area contributed by atoms with Gasteiger partial charge in [0.1, 0.15) is 0 Å². The summed E-state index contributed by atoms with van der Waals surface area (Å²) in [5.41, 5.74) is 3.77. The Kier molecular flexibility index (Phi) is 3.95. The molecule has 0 aliphatic carbocycles. The molecule has 3 rings (SSSR count). The number of nitrogens with one attached hydrogen (secondary N) is 1. The summed E-state index contributed by atoms with van der Waals surface area (Å²) in [6, 6.07) is 5.99. The van der Waals surface area contributed by atoms with Crippen LogP contribution in [0.5, 0.6) is 0 Å². The predicted octanol–water partition coefficient (Wildman–Crippen LogP) is 1.01. The van der Waals surface area contributed by atoms with E-state index >= 15 is 0 Å². The van der Waals surface area contributed by atoms with Gasteiger partial charge in [-0.3, -0.25) is 0 Å². The van der Waals surface area contributed by atoms with E-state index in [0.29, 0.717) is 13.2 Å². The maximum Gasteiger partial charge on any atom is 0.170 e. The standard InChI is InChI=1S/C12H14N6OS/c1-19-5-4-13-7-12-15-16-17-18(12)9-2-3-10-11(6-9)20-8-14-10/h2-3,6,8,13H,4-5,7H2,1H3. The molecule has 0 saturated carbocycles. The van der Waals surface area contributed by atoms with Crippen molar-refractivity contribution >= 4 is 21.6 Å². The molecule has 1 N–H and O–H groups in total. The second-order valence-corrected chi connectivity index (χ2v) is 5.07. The van der Waals surface area contributed by atoms with E-state index in [9.17, 15) is 0 Å². The highest BCUT2D eigenvalue weighted by molar-refractivity contribution is 7.16. The first kappa shape index (κ1) is 13.1. The van der Waals surface area contributed by atoms with Crippen molar-refractivity contribution in [2.45, 2.75) is 6.54 Å². The summed E-state index contributed by atoms with van der Waals surface area (Å²) in [5.74, 6) is 0.768.